The maximum Gasteiger partial charge on any atom is 0.271 e. The molecule has 3 aromatic rings. The lowest BCUT2D eigenvalue weighted by atomic mass is 9.93. The number of ether oxygens (including phenoxy) is 1. The fraction of sp³-hybridized carbons (Fsp3) is 0.304. The number of nitrogens with zero attached hydrogens (tertiary/aromatic N) is 3. The number of aromatic nitrogens is 3. The van der Waals surface area contributed by atoms with Crippen LogP contribution in [0.4, 0.5) is 5.69 Å². The van der Waals surface area contributed by atoms with E-state index in [4.69, 9.17) is 9.72 Å². The van der Waals surface area contributed by atoms with Gasteiger partial charge in [-0.05, 0) is 50.1 Å². The number of H-pyrrole nitrogens is 1. The SMILES string of the molecule is CC(=O)Nc1ccc(Oc2cc(C)nc([C@H]3CCCN(C(=O)c4ccn[nH]4)C3)c2)cc1. The van der Waals surface area contributed by atoms with Crippen molar-refractivity contribution in [3.8, 4) is 11.5 Å². The first-order valence-electron chi connectivity index (χ1n) is 10.3. The number of rotatable bonds is 5. The summed E-state index contributed by atoms with van der Waals surface area (Å²) in [7, 11) is 0. The number of piperidine rings is 1. The third-order valence-corrected chi connectivity index (χ3v) is 5.22. The van der Waals surface area contributed by atoms with Crippen LogP contribution in [0.3, 0.4) is 0 Å². The van der Waals surface area contributed by atoms with Crippen molar-refractivity contribution < 1.29 is 14.3 Å². The molecular weight excluding hydrogens is 394 g/mol. The number of amides is 2. The minimum absolute atomic E-state index is 0.0365. The van der Waals surface area contributed by atoms with Gasteiger partial charge in [-0.25, -0.2) is 0 Å². The third-order valence-electron chi connectivity index (χ3n) is 5.22. The summed E-state index contributed by atoms with van der Waals surface area (Å²) in [5, 5.41) is 9.36. The van der Waals surface area contributed by atoms with Gasteiger partial charge in [0.25, 0.3) is 5.91 Å². The Labute approximate surface area is 180 Å². The number of carbonyl (C=O) groups is 2. The second-order valence-corrected chi connectivity index (χ2v) is 7.74. The Kier molecular flexibility index (Phi) is 5.97. The predicted molar refractivity (Wildman–Crippen MR) is 116 cm³/mol. The highest BCUT2D eigenvalue weighted by Gasteiger charge is 2.27. The molecule has 1 atom stereocenters. The van der Waals surface area contributed by atoms with E-state index in [-0.39, 0.29) is 17.7 Å². The van der Waals surface area contributed by atoms with Crippen LogP contribution in [0, 0.1) is 6.92 Å². The summed E-state index contributed by atoms with van der Waals surface area (Å²) in [4.78, 5) is 30.4. The molecule has 1 aliphatic rings. The lowest BCUT2D eigenvalue weighted by Gasteiger charge is -2.32. The van der Waals surface area contributed by atoms with E-state index >= 15 is 0 Å². The average molecular weight is 419 g/mol. The van der Waals surface area contributed by atoms with E-state index in [2.05, 4.69) is 15.5 Å². The first-order chi connectivity index (χ1) is 15.0. The molecule has 0 spiro atoms. The van der Waals surface area contributed by atoms with Crippen LogP contribution >= 0.6 is 0 Å². The molecule has 2 N–H and O–H groups in total. The Morgan fingerprint density at radius 1 is 1.16 bits per heavy atom. The summed E-state index contributed by atoms with van der Waals surface area (Å²) in [6, 6.07) is 12.8. The van der Waals surface area contributed by atoms with Gasteiger partial charge in [0.1, 0.15) is 17.2 Å². The van der Waals surface area contributed by atoms with Gasteiger partial charge in [-0.1, -0.05) is 0 Å². The predicted octanol–water partition coefficient (Wildman–Crippen LogP) is 3.88. The second kappa shape index (κ2) is 8.99. The van der Waals surface area contributed by atoms with Crippen molar-refractivity contribution in [3.05, 3.63) is 65.7 Å². The van der Waals surface area contributed by atoms with Crippen molar-refractivity contribution in [1.82, 2.24) is 20.1 Å². The van der Waals surface area contributed by atoms with Crippen molar-refractivity contribution in [2.45, 2.75) is 32.6 Å². The molecule has 4 rings (SSSR count). The van der Waals surface area contributed by atoms with Crippen molar-refractivity contribution in [3.63, 3.8) is 0 Å². The van der Waals surface area contributed by atoms with E-state index < -0.39 is 0 Å². The molecule has 0 radical (unpaired) electrons. The highest BCUT2D eigenvalue weighted by molar-refractivity contribution is 5.92. The molecule has 1 aliphatic heterocycles. The molecule has 0 saturated carbocycles. The van der Waals surface area contributed by atoms with Gasteiger partial charge in [-0.2, -0.15) is 5.10 Å². The molecule has 0 unspecified atom stereocenters. The lowest BCUT2D eigenvalue weighted by Crippen LogP contribution is -2.39. The van der Waals surface area contributed by atoms with Crippen LogP contribution in [-0.4, -0.2) is 45.0 Å². The lowest BCUT2D eigenvalue weighted by molar-refractivity contribution is -0.114. The Morgan fingerprint density at radius 2 is 1.97 bits per heavy atom. The fourth-order valence-corrected chi connectivity index (χ4v) is 3.82. The van der Waals surface area contributed by atoms with Gasteiger partial charge in [0, 0.05) is 61.3 Å². The van der Waals surface area contributed by atoms with Crippen molar-refractivity contribution >= 4 is 17.5 Å². The van der Waals surface area contributed by atoms with Crippen molar-refractivity contribution in [2.75, 3.05) is 18.4 Å². The normalized spacial score (nSPS) is 16.1. The number of nitrogens with one attached hydrogen (secondary N) is 2. The van der Waals surface area contributed by atoms with Gasteiger partial charge in [0.15, 0.2) is 0 Å². The minimum Gasteiger partial charge on any atom is -0.457 e. The van der Waals surface area contributed by atoms with Crippen LogP contribution in [0.1, 0.15) is 47.6 Å². The number of aromatic amines is 1. The monoisotopic (exact) mass is 419 g/mol. The van der Waals surface area contributed by atoms with Gasteiger partial charge in [-0.15, -0.1) is 0 Å². The maximum absolute atomic E-state index is 12.7. The van der Waals surface area contributed by atoms with E-state index in [9.17, 15) is 9.59 Å². The van der Waals surface area contributed by atoms with Gasteiger partial charge in [0.05, 0.1) is 0 Å². The van der Waals surface area contributed by atoms with Crippen molar-refractivity contribution in [2.24, 2.45) is 0 Å². The number of likely N-dealkylation sites (tertiary alicyclic amines) is 1. The Hall–Kier alpha value is -3.68. The van der Waals surface area contributed by atoms with Crippen LogP contribution < -0.4 is 10.1 Å². The molecular formula is C23H25N5O3. The molecule has 8 nitrogen and oxygen atoms in total. The number of hydrogen-bond donors (Lipinski definition) is 2. The summed E-state index contributed by atoms with van der Waals surface area (Å²) in [6.07, 6.45) is 3.47. The Bertz CT molecular complexity index is 1060. The number of carbonyl (C=O) groups excluding carboxylic acids is 2. The van der Waals surface area contributed by atoms with Gasteiger partial charge < -0.3 is 15.0 Å². The molecule has 3 heterocycles. The molecule has 1 fully saturated rings. The smallest absolute Gasteiger partial charge is 0.271 e. The standard InChI is InChI=1S/C23H25N5O3/c1-15-12-20(31-19-7-5-18(6-8-19)26-16(2)29)13-22(25-15)17-4-3-11-28(14-17)23(30)21-9-10-24-27-21/h5-10,12-13,17H,3-4,11,14H2,1-2H3,(H,24,27)(H,26,29)/t17-/m0/s1. The average Bonchev–Trinajstić information content (AvgIpc) is 3.29. The molecule has 2 aromatic heterocycles. The largest absolute Gasteiger partial charge is 0.457 e. The van der Waals surface area contributed by atoms with E-state index in [0.29, 0.717) is 23.7 Å². The number of pyridine rings is 1. The molecule has 0 aliphatic carbocycles. The van der Waals surface area contributed by atoms with E-state index in [1.165, 1.54) is 6.92 Å². The number of hydrogen-bond acceptors (Lipinski definition) is 5. The zero-order valence-corrected chi connectivity index (χ0v) is 17.6. The number of aryl methyl sites for hydroxylation is 1. The van der Waals surface area contributed by atoms with E-state index in [0.717, 1.165) is 36.5 Å². The maximum atomic E-state index is 12.7. The molecule has 2 amide bonds. The highest BCUT2D eigenvalue weighted by atomic mass is 16.5. The fourth-order valence-electron chi connectivity index (χ4n) is 3.82. The van der Waals surface area contributed by atoms with Crippen LogP contribution in [-0.2, 0) is 4.79 Å². The first-order valence-corrected chi connectivity index (χ1v) is 10.3. The molecule has 0 bridgehead atoms. The molecule has 1 saturated heterocycles. The topological polar surface area (TPSA) is 100 Å². The van der Waals surface area contributed by atoms with Gasteiger partial charge in [-0.3, -0.25) is 19.7 Å². The third kappa shape index (κ3) is 5.09. The Balaban J connectivity index is 1.48. The molecule has 1 aromatic carbocycles. The summed E-state index contributed by atoms with van der Waals surface area (Å²) in [5.74, 6) is 1.36. The molecule has 31 heavy (non-hydrogen) atoms. The van der Waals surface area contributed by atoms with E-state index in [1.54, 1.807) is 24.4 Å². The molecule has 8 heteroatoms. The van der Waals surface area contributed by atoms with Crippen LogP contribution in [0.15, 0.2) is 48.7 Å². The quantitative estimate of drug-likeness (QED) is 0.654. The number of anilines is 1. The molecule has 160 valence electrons. The summed E-state index contributed by atoms with van der Waals surface area (Å²) in [6.45, 7) is 4.75. The van der Waals surface area contributed by atoms with Crippen molar-refractivity contribution in [1.29, 1.82) is 0 Å². The zero-order valence-electron chi connectivity index (χ0n) is 17.6. The summed E-state index contributed by atoms with van der Waals surface area (Å²) < 4.78 is 6.04. The highest BCUT2D eigenvalue weighted by Crippen LogP contribution is 2.31. The minimum atomic E-state index is -0.115. The zero-order chi connectivity index (χ0) is 21.8. The van der Waals surface area contributed by atoms with Crippen LogP contribution in [0.5, 0.6) is 11.5 Å². The summed E-state index contributed by atoms with van der Waals surface area (Å²) >= 11 is 0. The Morgan fingerprint density at radius 3 is 2.68 bits per heavy atom. The van der Waals surface area contributed by atoms with E-state index in [1.807, 2.05) is 36.1 Å². The van der Waals surface area contributed by atoms with Crippen LogP contribution in [0.25, 0.3) is 0 Å². The second-order valence-electron chi connectivity index (χ2n) is 7.74. The summed E-state index contributed by atoms with van der Waals surface area (Å²) in [5.41, 5.74) is 3.01. The van der Waals surface area contributed by atoms with Gasteiger partial charge in [0.2, 0.25) is 5.91 Å². The van der Waals surface area contributed by atoms with Gasteiger partial charge >= 0.3 is 0 Å². The number of benzene rings is 1. The first kappa shape index (κ1) is 20.6. The van der Waals surface area contributed by atoms with Crippen LogP contribution in [0.2, 0.25) is 0 Å².